The molecule has 0 aromatic carbocycles. The number of carbonyl (C=O) groups is 1. The van der Waals surface area contributed by atoms with Crippen molar-refractivity contribution in [2.24, 2.45) is 11.7 Å². The first-order valence-electron chi connectivity index (χ1n) is 5.21. The second kappa shape index (κ2) is 5.68. The summed E-state index contributed by atoms with van der Waals surface area (Å²) in [7, 11) is 0. The minimum atomic E-state index is -0.319. The van der Waals surface area contributed by atoms with E-state index in [0.29, 0.717) is 11.5 Å². The monoisotopic (exact) mass is 198 g/mol. The van der Waals surface area contributed by atoms with Gasteiger partial charge in [0.1, 0.15) is 0 Å². The second-order valence-electron chi connectivity index (χ2n) is 3.70. The van der Waals surface area contributed by atoms with Crippen LogP contribution in [0.5, 0.6) is 0 Å². The third-order valence-electron chi connectivity index (χ3n) is 2.40. The molecule has 0 saturated carbocycles. The summed E-state index contributed by atoms with van der Waals surface area (Å²) in [5.74, 6) is 0.0167. The van der Waals surface area contributed by atoms with Gasteiger partial charge in [0.2, 0.25) is 5.91 Å². The van der Waals surface area contributed by atoms with Crippen LogP contribution in [0, 0.1) is 5.92 Å². The largest absolute Gasteiger partial charge is 0.375 e. The van der Waals surface area contributed by atoms with Crippen LogP contribution in [-0.2, 0) is 4.79 Å². The van der Waals surface area contributed by atoms with E-state index in [4.69, 9.17) is 5.73 Å². The van der Waals surface area contributed by atoms with Crippen molar-refractivity contribution in [1.82, 2.24) is 4.90 Å². The highest BCUT2D eigenvalue weighted by Crippen LogP contribution is 2.19. The number of nitrogens with two attached hydrogens (primary N) is 1. The highest BCUT2D eigenvalue weighted by Gasteiger charge is 2.15. The lowest BCUT2D eigenvalue weighted by Crippen LogP contribution is -2.29. The van der Waals surface area contributed by atoms with Crippen LogP contribution in [0.25, 0.3) is 0 Å². The van der Waals surface area contributed by atoms with Crippen LogP contribution in [0.2, 0.25) is 0 Å². The van der Waals surface area contributed by atoms with Crippen molar-refractivity contribution < 1.29 is 4.79 Å². The fourth-order valence-electron chi connectivity index (χ4n) is 1.73. The smallest absolute Gasteiger partial charge is 0.246 e. The first-order chi connectivity index (χ1) is 6.45. The van der Waals surface area contributed by atoms with E-state index in [-0.39, 0.29) is 5.91 Å². The molecule has 0 saturated heterocycles. The second-order valence-corrected chi connectivity index (χ2v) is 3.70. The molecule has 1 amide bonds. The maximum Gasteiger partial charge on any atom is 0.246 e. The van der Waals surface area contributed by atoms with Crippen LogP contribution in [0.3, 0.4) is 0 Å². The molecule has 0 aliphatic carbocycles. The zero-order valence-corrected chi connectivity index (χ0v) is 9.92. The maximum absolute atomic E-state index is 11.1. The molecule has 2 N–H and O–H groups in total. The third-order valence-corrected chi connectivity index (χ3v) is 2.40. The van der Waals surface area contributed by atoms with Gasteiger partial charge in [0.25, 0.3) is 0 Å². The van der Waals surface area contributed by atoms with E-state index in [9.17, 15) is 4.79 Å². The molecule has 0 radical (unpaired) electrons. The molecule has 0 aliphatic rings. The summed E-state index contributed by atoms with van der Waals surface area (Å²) >= 11 is 0. The Morgan fingerprint density at radius 3 is 1.93 bits per heavy atom. The van der Waals surface area contributed by atoms with Crippen LogP contribution in [0.1, 0.15) is 34.6 Å². The summed E-state index contributed by atoms with van der Waals surface area (Å²) in [5.41, 5.74) is 7.05. The molecule has 0 bridgehead atoms. The molecule has 0 aliphatic heterocycles. The normalized spacial score (nSPS) is 12.7. The highest BCUT2D eigenvalue weighted by molar-refractivity contribution is 5.92. The summed E-state index contributed by atoms with van der Waals surface area (Å²) in [6.45, 7) is 12.0. The summed E-state index contributed by atoms with van der Waals surface area (Å²) in [5, 5.41) is 0. The molecule has 0 heterocycles. The molecule has 3 nitrogen and oxygen atoms in total. The number of rotatable bonds is 5. The molecular weight excluding hydrogens is 176 g/mol. The third kappa shape index (κ3) is 3.05. The van der Waals surface area contributed by atoms with Crippen LogP contribution in [-0.4, -0.2) is 23.9 Å². The Kier molecular flexibility index (Phi) is 5.28. The van der Waals surface area contributed by atoms with E-state index in [1.165, 1.54) is 0 Å². The van der Waals surface area contributed by atoms with Gasteiger partial charge in [-0.1, -0.05) is 13.8 Å². The minimum absolute atomic E-state index is 0.319. The topological polar surface area (TPSA) is 46.3 Å². The Morgan fingerprint density at radius 2 is 1.71 bits per heavy atom. The number of hydrogen-bond donors (Lipinski definition) is 1. The van der Waals surface area contributed by atoms with E-state index in [1.54, 1.807) is 6.92 Å². The van der Waals surface area contributed by atoms with Gasteiger partial charge < -0.3 is 10.6 Å². The SMILES string of the molecule is CCN(CC)C(=C(C)C(N)=O)C(C)C. The average Bonchev–Trinajstić information content (AvgIpc) is 2.12. The fraction of sp³-hybridized carbons (Fsp3) is 0.727. The molecule has 0 rings (SSSR count). The van der Waals surface area contributed by atoms with Gasteiger partial charge >= 0.3 is 0 Å². The zero-order chi connectivity index (χ0) is 11.3. The number of allylic oxidation sites excluding steroid dienone is 1. The van der Waals surface area contributed by atoms with Crippen LogP contribution >= 0.6 is 0 Å². The van der Waals surface area contributed by atoms with Gasteiger partial charge in [-0.15, -0.1) is 0 Å². The van der Waals surface area contributed by atoms with Gasteiger partial charge in [-0.2, -0.15) is 0 Å². The zero-order valence-electron chi connectivity index (χ0n) is 9.92. The average molecular weight is 198 g/mol. The number of primary amides is 1. The van der Waals surface area contributed by atoms with E-state index in [1.807, 2.05) is 0 Å². The Bertz CT molecular complexity index is 227. The molecule has 3 heteroatoms. The summed E-state index contributed by atoms with van der Waals surface area (Å²) in [6, 6.07) is 0. The van der Waals surface area contributed by atoms with Gasteiger partial charge in [0.15, 0.2) is 0 Å². The molecule has 0 aromatic rings. The highest BCUT2D eigenvalue weighted by atomic mass is 16.1. The predicted octanol–water partition coefficient (Wildman–Crippen LogP) is 1.74. The molecular formula is C11H22N2O. The maximum atomic E-state index is 11.1. The fourth-order valence-corrected chi connectivity index (χ4v) is 1.73. The molecule has 0 aromatic heterocycles. The summed E-state index contributed by atoms with van der Waals surface area (Å²) in [4.78, 5) is 13.3. The molecule has 0 atom stereocenters. The Labute approximate surface area is 87.0 Å². The van der Waals surface area contributed by atoms with Gasteiger partial charge in [0.05, 0.1) is 0 Å². The Morgan fingerprint density at radius 1 is 1.29 bits per heavy atom. The van der Waals surface area contributed by atoms with Gasteiger partial charge in [0, 0.05) is 24.4 Å². The first kappa shape index (κ1) is 13.0. The number of hydrogen-bond acceptors (Lipinski definition) is 2. The van der Waals surface area contributed by atoms with Gasteiger partial charge in [-0.05, 0) is 26.7 Å². The van der Waals surface area contributed by atoms with Crippen molar-refractivity contribution in [3.63, 3.8) is 0 Å². The van der Waals surface area contributed by atoms with E-state index < -0.39 is 0 Å². The van der Waals surface area contributed by atoms with Crippen molar-refractivity contribution in [3.8, 4) is 0 Å². The molecule has 82 valence electrons. The lowest BCUT2D eigenvalue weighted by Gasteiger charge is -2.28. The van der Waals surface area contributed by atoms with Crippen molar-refractivity contribution in [1.29, 1.82) is 0 Å². The van der Waals surface area contributed by atoms with Crippen molar-refractivity contribution >= 4 is 5.91 Å². The summed E-state index contributed by atoms with van der Waals surface area (Å²) in [6.07, 6.45) is 0. The van der Waals surface area contributed by atoms with Crippen LogP contribution in [0.15, 0.2) is 11.3 Å². The van der Waals surface area contributed by atoms with E-state index in [2.05, 4.69) is 32.6 Å². The first-order valence-corrected chi connectivity index (χ1v) is 5.21. The lowest BCUT2D eigenvalue weighted by atomic mass is 10.0. The van der Waals surface area contributed by atoms with Crippen LogP contribution in [0.4, 0.5) is 0 Å². The quantitative estimate of drug-likeness (QED) is 0.684. The lowest BCUT2D eigenvalue weighted by molar-refractivity contribution is -0.114. The molecule has 14 heavy (non-hydrogen) atoms. The number of carbonyl (C=O) groups excluding carboxylic acids is 1. The Balaban J connectivity index is 5.11. The number of amides is 1. The summed E-state index contributed by atoms with van der Waals surface area (Å²) < 4.78 is 0. The van der Waals surface area contributed by atoms with Crippen molar-refractivity contribution in [3.05, 3.63) is 11.3 Å². The van der Waals surface area contributed by atoms with Crippen molar-refractivity contribution in [2.45, 2.75) is 34.6 Å². The molecule has 0 unspecified atom stereocenters. The Hall–Kier alpha value is -0.990. The molecule has 0 spiro atoms. The van der Waals surface area contributed by atoms with E-state index >= 15 is 0 Å². The van der Waals surface area contributed by atoms with Crippen molar-refractivity contribution in [2.75, 3.05) is 13.1 Å². The number of nitrogens with zero attached hydrogens (tertiary/aromatic N) is 1. The predicted molar refractivity (Wildman–Crippen MR) is 59.7 cm³/mol. The van der Waals surface area contributed by atoms with E-state index in [0.717, 1.165) is 18.8 Å². The molecule has 0 fully saturated rings. The minimum Gasteiger partial charge on any atom is -0.375 e. The standard InChI is InChI=1S/C11H22N2O/c1-6-13(7-2)10(8(3)4)9(5)11(12)14/h8H,6-7H2,1-5H3,(H2,12,14). The van der Waals surface area contributed by atoms with Crippen LogP contribution < -0.4 is 5.73 Å². The van der Waals surface area contributed by atoms with Gasteiger partial charge in [-0.3, -0.25) is 4.79 Å². The van der Waals surface area contributed by atoms with Gasteiger partial charge in [-0.25, -0.2) is 0 Å².